The summed E-state index contributed by atoms with van der Waals surface area (Å²) in [6.45, 7) is 1.67. The highest BCUT2D eigenvalue weighted by molar-refractivity contribution is 6.35. The Morgan fingerprint density at radius 2 is 2.19 bits per heavy atom. The number of nitrogens with zero attached hydrogens (tertiary/aromatic N) is 1. The topological polar surface area (TPSA) is 55.6 Å². The van der Waals surface area contributed by atoms with E-state index >= 15 is 0 Å². The second-order valence-corrected chi connectivity index (χ2v) is 6.44. The highest BCUT2D eigenvalue weighted by Gasteiger charge is 2.34. The van der Waals surface area contributed by atoms with Crippen LogP contribution in [0.2, 0.25) is 10.0 Å². The van der Waals surface area contributed by atoms with Crippen LogP contribution in [0.5, 0.6) is 0 Å². The molecule has 6 heteroatoms. The molecule has 0 aliphatic carbocycles. The van der Waals surface area contributed by atoms with E-state index in [1.165, 1.54) is 0 Å². The molecule has 0 radical (unpaired) electrons. The molecule has 0 aromatic heterocycles. The van der Waals surface area contributed by atoms with Gasteiger partial charge in [0.2, 0.25) is 0 Å². The summed E-state index contributed by atoms with van der Waals surface area (Å²) in [5.41, 5.74) is 7.71. The molecular weight excluding hydrogens is 311 g/mol. The van der Waals surface area contributed by atoms with E-state index in [0.29, 0.717) is 29.7 Å². The Hall–Kier alpha value is -0.810. The molecular formula is C15H18Cl2N2O2. The average Bonchev–Trinajstić information content (AvgIpc) is 2.95. The van der Waals surface area contributed by atoms with Crippen molar-refractivity contribution in [3.63, 3.8) is 0 Å². The summed E-state index contributed by atoms with van der Waals surface area (Å²) >= 11 is 12.3. The molecule has 2 N–H and O–H groups in total. The number of hydrogen-bond acceptors (Lipinski definition) is 3. The summed E-state index contributed by atoms with van der Waals surface area (Å²) in [5, 5.41) is 1.27. The summed E-state index contributed by atoms with van der Waals surface area (Å²) in [6, 6.07) is 3.66. The number of rotatable bonds is 2. The van der Waals surface area contributed by atoms with Crippen LogP contribution >= 0.6 is 23.2 Å². The number of halogens is 2. The molecule has 2 aliphatic heterocycles. The van der Waals surface area contributed by atoms with Crippen LogP contribution < -0.4 is 5.73 Å². The summed E-state index contributed by atoms with van der Waals surface area (Å²) in [5.74, 6) is 0.0441. The van der Waals surface area contributed by atoms with E-state index in [1.54, 1.807) is 6.07 Å². The van der Waals surface area contributed by atoms with Gasteiger partial charge in [0.25, 0.3) is 5.91 Å². The van der Waals surface area contributed by atoms with Gasteiger partial charge >= 0.3 is 0 Å². The van der Waals surface area contributed by atoms with Crippen molar-refractivity contribution in [1.29, 1.82) is 0 Å². The fraction of sp³-hybridized carbons (Fsp3) is 0.533. The largest absolute Gasteiger partial charge is 0.364 e. The van der Waals surface area contributed by atoms with Crippen molar-refractivity contribution < 1.29 is 9.53 Å². The van der Waals surface area contributed by atoms with E-state index in [1.807, 2.05) is 11.0 Å². The zero-order valence-electron chi connectivity index (χ0n) is 11.6. The van der Waals surface area contributed by atoms with Gasteiger partial charge in [0, 0.05) is 29.7 Å². The van der Waals surface area contributed by atoms with Crippen molar-refractivity contribution >= 4 is 29.1 Å². The smallest absolute Gasteiger partial charge is 0.252 e. The van der Waals surface area contributed by atoms with Crippen LogP contribution in [0.1, 0.15) is 24.0 Å². The average molecular weight is 329 g/mol. The molecule has 2 aliphatic rings. The number of ether oxygens (including phenoxy) is 1. The van der Waals surface area contributed by atoms with E-state index in [2.05, 4.69) is 0 Å². The number of fused-ring (bicyclic) bond motifs is 1. The molecule has 4 nitrogen and oxygen atoms in total. The molecule has 0 bridgehead atoms. The lowest BCUT2D eigenvalue weighted by atomic mass is 9.99. The molecule has 114 valence electrons. The third-order valence-corrected chi connectivity index (χ3v) is 4.77. The van der Waals surface area contributed by atoms with Gasteiger partial charge in [-0.25, -0.2) is 0 Å². The van der Waals surface area contributed by atoms with Crippen molar-refractivity contribution in [3.8, 4) is 0 Å². The first kappa shape index (κ1) is 15.1. The van der Waals surface area contributed by atoms with Gasteiger partial charge in [-0.15, -0.1) is 0 Å². The third-order valence-electron chi connectivity index (χ3n) is 4.21. The number of nitrogens with two attached hydrogens (primary N) is 1. The van der Waals surface area contributed by atoms with Gasteiger partial charge in [-0.1, -0.05) is 23.2 Å². The Bertz CT molecular complexity index is 565. The lowest BCUT2D eigenvalue weighted by molar-refractivity contribution is -0.143. The van der Waals surface area contributed by atoms with Crippen molar-refractivity contribution in [1.82, 2.24) is 4.90 Å². The summed E-state index contributed by atoms with van der Waals surface area (Å²) in [6.07, 6.45) is 2.03. The maximum atomic E-state index is 12.5. The van der Waals surface area contributed by atoms with Gasteiger partial charge in [-0.2, -0.15) is 0 Å². The van der Waals surface area contributed by atoms with E-state index < -0.39 is 0 Å². The van der Waals surface area contributed by atoms with E-state index in [4.69, 9.17) is 33.7 Å². The second-order valence-electron chi connectivity index (χ2n) is 5.59. The number of amides is 1. The Morgan fingerprint density at radius 1 is 1.38 bits per heavy atom. The lowest BCUT2D eigenvalue weighted by Gasteiger charge is -2.31. The van der Waals surface area contributed by atoms with Gasteiger partial charge in [0.05, 0.1) is 6.10 Å². The van der Waals surface area contributed by atoms with Crippen LogP contribution in [0, 0.1) is 0 Å². The maximum absolute atomic E-state index is 12.5. The standard InChI is InChI=1S/C15H18Cl2N2O2/c16-10-5-9-3-4-19(8-12(9)13(17)6-10)15(20)14-2-1-11(7-18)21-14/h5-6,11,14H,1-4,7-8,18H2/t11-,14+/m1/s1. The normalized spacial score (nSPS) is 25.0. The zero-order valence-corrected chi connectivity index (χ0v) is 13.2. The first-order valence-electron chi connectivity index (χ1n) is 7.19. The van der Waals surface area contributed by atoms with Crippen molar-refractivity contribution in [2.24, 2.45) is 5.73 Å². The molecule has 1 aromatic rings. The minimum absolute atomic E-state index is 0.0124. The monoisotopic (exact) mass is 328 g/mol. The SMILES string of the molecule is NC[C@H]1CC[C@@H](C(=O)N2CCc3cc(Cl)cc(Cl)c3C2)O1. The number of carbonyl (C=O) groups is 1. The molecule has 1 fully saturated rings. The van der Waals surface area contributed by atoms with Gasteiger partial charge < -0.3 is 15.4 Å². The van der Waals surface area contributed by atoms with Gasteiger partial charge in [-0.05, 0) is 42.5 Å². The van der Waals surface area contributed by atoms with E-state index in [-0.39, 0.29) is 18.1 Å². The Morgan fingerprint density at radius 3 is 2.90 bits per heavy atom. The van der Waals surface area contributed by atoms with Crippen LogP contribution in [0.3, 0.4) is 0 Å². The fourth-order valence-electron chi connectivity index (χ4n) is 3.03. The summed E-state index contributed by atoms with van der Waals surface area (Å²) in [4.78, 5) is 14.4. The van der Waals surface area contributed by atoms with Crippen LogP contribution in [-0.2, 0) is 22.5 Å². The Balaban J connectivity index is 1.73. The van der Waals surface area contributed by atoms with Gasteiger partial charge in [0.1, 0.15) is 6.10 Å². The Labute approximate surface area is 134 Å². The van der Waals surface area contributed by atoms with Crippen molar-refractivity contribution in [3.05, 3.63) is 33.3 Å². The molecule has 21 heavy (non-hydrogen) atoms. The van der Waals surface area contributed by atoms with Crippen LogP contribution in [0.4, 0.5) is 0 Å². The third kappa shape index (κ3) is 3.04. The molecule has 1 aromatic carbocycles. The van der Waals surface area contributed by atoms with E-state index in [9.17, 15) is 4.79 Å². The Kier molecular flexibility index (Phi) is 4.41. The zero-order chi connectivity index (χ0) is 15.0. The maximum Gasteiger partial charge on any atom is 0.252 e. The second kappa shape index (κ2) is 6.13. The van der Waals surface area contributed by atoms with Gasteiger partial charge in [-0.3, -0.25) is 4.79 Å². The highest BCUT2D eigenvalue weighted by atomic mass is 35.5. The molecule has 3 rings (SSSR count). The predicted octanol–water partition coefficient (Wildman–Crippen LogP) is 2.38. The van der Waals surface area contributed by atoms with E-state index in [0.717, 1.165) is 30.4 Å². The number of hydrogen-bond donors (Lipinski definition) is 1. The fourth-order valence-corrected chi connectivity index (χ4v) is 3.63. The lowest BCUT2D eigenvalue weighted by Crippen LogP contribution is -2.42. The molecule has 0 saturated carbocycles. The first-order valence-corrected chi connectivity index (χ1v) is 7.95. The van der Waals surface area contributed by atoms with Crippen LogP contribution in [0.15, 0.2) is 12.1 Å². The molecule has 2 heterocycles. The summed E-state index contributed by atoms with van der Waals surface area (Å²) in [7, 11) is 0. The molecule has 1 saturated heterocycles. The van der Waals surface area contributed by atoms with Crippen molar-refractivity contribution in [2.45, 2.75) is 38.0 Å². The minimum atomic E-state index is -0.355. The quantitative estimate of drug-likeness (QED) is 0.906. The predicted molar refractivity (Wildman–Crippen MR) is 82.5 cm³/mol. The molecule has 0 spiro atoms. The summed E-state index contributed by atoms with van der Waals surface area (Å²) < 4.78 is 5.69. The van der Waals surface area contributed by atoms with Gasteiger partial charge in [0.15, 0.2) is 0 Å². The van der Waals surface area contributed by atoms with Crippen molar-refractivity contribution in [2.75, 3.05) is 13.1 Å². The van der Waals surface area contributed by atoms with Crippen LogP contribution in [-0.4, -0.2) is 36.1 Å². The number of benzene rings is 1. The number of carbonyl (C=O) groups excluding carboxylic acids is 1. The molecule has 2 atom stereocenters. The highest BCUT2D eigenvalue weighted by Crippen LogP contribution is 2.31. The minimum Gasteiger partial charge on any atom is -0.364 e. The molecule has 0 unspecified atom stereocenters. The van der Waals surface area contributed by atoms with Crippen LogP contribution in [0.25, 0.3) is 0 Å². The first-order chi connectivity index (χ1) is 10.1. The molecule has 1 amide bonds.